The van der Waals surface area contributed by atoms with Crippen LogP contribution >= 0.6 is 0 Å². The van der Waals surface area contributed by atoms with Crippen LogP contribution in [0.4, 0.5) is 0 Å². The van der Waals surface area contributed by atoms with E-state index in [2.05, 4.69) is 6.58 Å². The van der Waals surface area contributed by atoms with E-state index in [1.165, 1.54) is 4.31 Å². The molecule has 0 fully saturated rings. The van der Waals surface area contributed by atoms with E-state index in [-0.39, 0.29) is 13.1 Å². The molecule has 0 unspecified atom stereocenters. The van der Waals surface area contributed by atoms with Crippen LogP contribution in [0, 0.1) is 13.8 Å². The Kier molecular flexibility index (Phi) is 5.07. The monoisotopic (exact) mass is 268 g/mol. The van der Waals surface area contributed by atoms with E-state index < -0.39 is 10.0 Å². The predicted molar refractivity (Wildman–Crippen MR) is 73.9 cm³/mol. The lowest BCUT2D eigenvalue weighted by Crippen LogP contribution is -2.35. The predicted octanol–water partition coefficient (Wildman–Crippen LogP) is 1.44. The van der Waals surface area contributed by atoms with Crippen LogP contribution in [-0.2, 0) is 10.0 Å². The minimum atomic E-state index is -3.48. The summed E-state index contributed by atoms with van der Waals surface area (Å²) in [6, 6.07) is 5.14. The van der Waals surface area contributed by atoms with Crippen molar-refractivity contribution >= 4 is 10.0 Å². The summed E-state index contributed by atoms with van der Waals surface area (Å²) in [5, 5.41) is 0. The lowest BCUT2D eigenvalue weighted by molar-refractivity contribution is 0.450. The van der Waals surface area contributed by atoms with Gasteiger partial charge < -0.3 is 5.73 Å². The zero-order valence-electron chi connectivity index (χ0n) is 10.9. The maximum atomic E-state index is 12.4. The highest BCUT2D eigenvalue weighted by molar-refractivity contribution is 7.89. The van der Waals surface area contributed by atoms with Crippen LogP contribution in [0.1, 0.15) is 11.1 Å². The van der Waals surface area contributed by atoms with Gasteiger partial charge in [0.2, 0.25) is 10.0 Å². The van der Waals surface area contributed by atoms with Crippen molar-refractivity contribution in [3.05, 3.63) is 42.0 Å². The van der Waals surface area contributed by atoms with Gasteiger partial charge in [-0.15, -0.1) is 6.58 Å². The van der Waals surface area contributed by atoms with E-state index in [9.17, 15) is 8.42 Å². The highest BCUT2D eigenvalue weighted by Gasteiger charge is 2.22. The van der Waals surface area contributed by atoms with Crippen LogP contribution < -0.4 is 5.73 Å². The van der Waals surface area contributed by atoms with Crippen LogP contribution in [0.2, 0.25) is 0 Å². The molecule has 100 valence electrons. The van der Waals surface area contributed by atoms with Gasteiger partial charge in [0.05, 0.1) is 4.90 Å². The first-order chi connectivity index (χ1) is 8.43. The van der Waals surface area contributed by atoms with Gasteiger partial charge in [-0.2, -0.15) is 4.31 Å². The number of nitrogens with two attached hydrogens (primary N) is 1. The van der Waals surface area contributed by atoms with Crippen molar-refractivity contribution in [2.24, 2.45) is 5.73 Å². The van der Waals surface area contributed by atoms with E-state index in [1.54, 1.807) is 18.2 Å². The molecule has 0 aliphatic carbocycles. The van der Waals surface area contributed by atoms with Gasteiger partial charge in [-0.25, -0.2) is 8.42 Å². The second-order valence-electron chi connectivity index (χ2n) is 4.19. The van der Waals surface area contributed by atoms with Crippen LogP contribution in [-0.4, -0.2) is 32.4 Å². The highest BCUT2D eigenvalue weighted by atomic mass is 32.2. The van der Waals surface area contributed by atoms with Gasteiger partial charge in [-0.3, -0.25) is 0 Å². The number of nitrogens with zero attached hydrogens (tertiary/aromatic N) is 1. The number of hydrogen-bond donors (Lipinski definition) is 1. The third-order valence-corrected chi connectivity index (χ3v) is 4.69. The molecule has 0 radical (unpaired) electrons. The van der Waals surface area contributed by atoms with Gasteiger partial charge >= 0.3 is 0 Å². The zero-order valence-corrected chi connectivity index (χ0v) is 11.7. The molecule has 0 bridgehead atoms. The third-order valence-electron chi connectivity index (χ3n) is 2.83. The van der Waals surface area contributed by atoms with Gasteiger partial charge in [0.1, 0.15) is 0 Å². The largest absolute Gasteiger partial charge is 0.329 e. The quantitative estimate of drug-likeness (QED) is 0.794. The normalized spacial score (nSPS) is 11.8. The number of hydrogen-bond acceptors (Lipinski definition) is 3. The third kappa shape index (κ3) is 3.19. The molecular formula is C13H20N2O2S. The van der Waals surface area contributed by atoms with E-state index in [1.807, 2.05) is 19.9 Å². The Morgan fingerprint density at radius 3 is 2.50 bits per heavy atom. The number of benzene rings is 1. The van der Waals surface area contributed by atoms with Crippen molar-refractivity contribution in [2.45, 2.75) is 18.7 Å². The van der Waals surface area contributed by atoms with Crippen molar-refractivity contribution in [1.29, 1.82) is 0 Å². The Hall–Kier alpha value is -1.17. The van der Waals surface area contributed by atoms with E-state index in [0.29, 0.717) is 11.4 Å². The molecule has 0 atom stereocenters. The first-order valence-corrected chi connectivity index (χ1v) is 7.26. The van der Waals surface area contributed by atoms with Crippen molar-refractivity contribution in [3.8, 4) is 0 Å². The molecule has 0 aliphatic rings. The maximum absolute atomic E-state index is 12.4. The fourth-order valence-corrected chi connectivity index (χ4v) is 3.13. The summed E-state index contributed by atoms with van der Waals surface area (Å²) in [6.07, 6.45) is 1.56. The maximum Gasteiger partial charge on any atom is 0.243 e. The molecule has 1 aromatic rings. The molecule has 0 spiro atoms. The molecule has 0 aromatic heterocycles. The van der Waals surface area contributed by atoms with Crippen LogP contribution in [0.25, 0.3) is 0 Å². The van der Waals surface area contributed by atoms with Gasteiger partial charge in [0.15, 0.2) is 0 Å². The summed E-state index contributed by atoms with van der Waals surface area (Å²) in [7, 11) is -3.48. The molecule has 1 rings (SSSR count). The topological polar surface area (TPSA) is 63.4 Å². The summed E-state index contributed by atoms with van der Waals surface area (Å²) in [5.41, 5.74) is 7.48. The van der Waals surface area contributed by atoms with Crippen LogP contribution in [0.5, 0.6) is 0 Å². The van der Waals surface area contributed by atoms with Crippen molar-refractivity contribution < 1.29 is 8.42 Å². The Labute approximate surface area is 109 Å². The lowest BCUT2D eigenvalue weighted by Gasteiger charge is -2.20. The Bertz CT molecular complexity index is 524. The van der Waals surface area contributed by atoms with Crippen molar-refractivity contribution in [2.75, 3.05) is 19.6 Å². The number of rotatable bonds is 6. The Morgan fingerprint density at radius 2 is 2.00 bits per heavy atom. The molecule has 1 aromatic carbocycles. The van der Waals surface area contributed by atoms with Crippen molar-refractivity contribution in [1.82, 2.24) is 4.31 Å². The minimum absolute atomic E-state index is 0.270. The summed E-state index contributed by atoms with van der Waals surface area (Å²) in [5.74, 6) is 0. The van der Waals surface area contributed by atoms with E-state index in [0.717, 1.165) is 11.1 Å². The molecule has 0 saturated heterocycles. The SMILES string of the molecule is C=CCN(CCN)S(=O)(=O)c1ccc(C)c(C)c1. The fraction of sp³-hybridized carbons (Fsp3) is 0.385. The molecule has 0 saturated carbocycles. The van der Waals surface area contributed by atoms with Gasteiger partial charge in [-0.05, 0) is 37.1 Å². The summed E-state index contributed by atoms with van der Waals surface area (Å²) in [6.45, 7) is 8.28. The summed E-state index contributed by atoms with van der Waals surface area (Å²) in [4.78, 5) is 0.306. The second kappa shape index (κ2) is 6.13. The Balaban J connectivity index is 3.17. The van der Waals surface area contributed by atoms with E-state index >= 15 is 0 Å². The average molecular weight is 268 g/mol. The molecule has 0 heterocycles. The molecule has 5 heteroatoms. The fourth-order valence-electron chi connectivity index (χ4n) is 1.62. The zero-order chi connectivity index (χ0) is 13.8. The van der Waals surface area contributed by atoms with Gasteiger partial charge in [-0.1, -0.05) is 12.1 Å². The van der Waals surface area contributed by atoms with Crippen molar-refractivity contribution in [3.63, 3.8) is 0 Å². The first kappa shape index (κ1) is 14.9. The smallest absolute Gasteiger partial charge is 0.243 e. The second-order valence-corrected chi connectivity index (χ2v) is 6.12. The summed E-state index contributed by atoms with van der Waals surface area (Å²) >= 11 is 0. The molecular weight excluding hydrogens is 248 g/mol. The molecule has 0 amide bonds. The lowest BCUT2D eigenvalue weighted by atomic mass is 10.1. The van der Waals surface area contributed by atoms with Gasteiger partial charge in [0, 0.05) is 19.6 Å². The van der Waals surface area contributed by atoms with E-state index in [4.69, 9.17) is 5.73 Å². The summed E-state index contributed by atoms with van der Waals surface area (Å²) < 4.78 is 26.1. The molecule has 18 heavy (non-hydrogen) atoms. The number of aryl methyl sites for hydroxylation is 2. The minimum Gasteiger partial charge on any atom is -0.329 e. The standard InChI is InChI=1S/C13H20N2O2S/c1-4-8-15(9-7-14)18(16,17)13-6-5-11(2)12(3)10-13/h4-6,10H,1,7-9,14H2,2-3H3. The van der Waals surface area contributed by atoms with Gasteiger partial charge in [0.25, 0.3) is 0 Å². The highest BCUT2D eigenvalue weighted by Crippen LogP contribution is 2.18. The molecule has 0 aliphatic heterocycles. The van der Waals surface area contributed by atoms with Crippen LogP contribution in [0.3, 0.4) is 0 Å². The first-order valence-electron chi connectivity index (χ1n) is 5.82. The molecule has 2 N–H and O–H groups in total. The van der Waals surface area contributed by atoms with Crippen LogP contribution in [0.15, 0.2) is 35.7 Å². The number of sulfonamides is 1. The average Bonchev–Trinajstić information content (AvgIpc) is 2.32. The Morgan fingerprint density at radius 1 is 1.33 bits per heavy atom. The molecule has 4 nitrogen and oxygen atoms in total.